The molecule has 0 saturated heterocycles. The maximum absolute atomic E-state index is 11.6. The summed E-state index contributed by atoms with van der Waals surface area (Å²) in [5.41, 5.74) is 2.42. The largest absolute Gasteiger partial charge is 0.341 e. The quantitative estimate of drug-likeness (QED) is 0.742. The molecule has 15 heavy (non-hydrogen) atoms. The summed E-state index contributed by atoms with van der Waals surface area (Å²) >= 11 is 0. The third-order valence-electron chi connectivity index (χ3n) is 2.41. The first kappa shape index (κ1) is 11.8. The summed E-state index contributed by atoms with van der Waals surface area (Å²) in [6.45, 7) is 6.60. The van der Waals surface area contributed by atoms with Crippen LogP contribution in [-0.2, 0) is 11.3 Å². The van der Waals surface area contributed by atoms with Crippen molar-refractivity contribution < 1.29 is 4.79 Å². The van der Waals surface area contributed by atoms with Gasteiger partial charge in [0.25, 0.3) is 0 Å². The minimum Gasteiger partial charge on any atom is -0.341 e. The third kappa shape index (κ3) is 3.39. The summed E-state index contributed by atoms with van der Waals surface area (Å²) in [6.07, 6.45) is 0. The monoisotopic (exact) mass is 205 g/mol. The number of carbonyl (C=O) groups excluding carboxylic acids is 1. The predicted octanol–water partition coefficient (Wildman–Crippen LogP) is 2.61. The van der Waals surface area contributed by atoms with Crippen molar-refractivity contribution in [1.29, 1.82) is 0 Å². The molecule has 0 bridgehead atoms. The van der Waals surface area contributed by atoms with Crippen molar-refractivity contribution in [3.8, 4) is 0 Å². The van der Waals surface area contributed by atoms with Gasteiger partial charge in [-0.25, -0.2) is 0 Å². The zero-order valence-electron chi connectivity index (χ0n) is 9.95. The van der Waals surface area contributed by atoms with Crippen LogP contribution in [0.5, 0.6) is 0 Å². The number of amides is 1. The second-order valence-electron chi connectivity index (χ2n) is 4.33. The van der Waals surface area contributed by atoms with Crippen LogP contribution in [0.1, 0.15) is 25.0 Å². The van der Waals surface area contributed by atoms with Crippen LogP contribution in [0, 0.1) is 12.8 Å². The molecule has 0 heterocycles. The number of hydrogen-bond donors (Lipinski definition) is 0. The molecule has 0 aromatic heterocycles. The fourth-order valence-electron chi connectivity index (χ4n) is 1.49. The smallest absolute Gasteiger partial charge is 0.225 e. The number of nitrogens with zero attached hydrogens (tertiary/aromatic N) is 1. The number of aryl methyl sites for hydroxylation is 1. The highest BCUT2D eigenvalue weighted by molar-refractivity contribution is 5.77. The van der Waals surface area contributed by atoms with E-state index < -0.39 is 0 Å². The van der Waals surface area contributed by atoms with Crippen molar-refractivity contribution >= 4 is 5.91 Å². The molecular formula is C13H19NO. The number of rotatable bonds is 3. The Balaban J connectivity index is 2.62. The minimum atomic E-state index is 0.0699. The molecule has 2 heteroatoms. The molecule has 0 N–H and O–H groups in total. The fraction of sp³-hybridized carbons (Fsp3) is 0.462. The van der Waals surface area contributed by atoms with Crippen LogP contribution >= 0.6 is 0 Å². The van der Waals surface area contributed by atoms with Gasteiger partial charge in [0.1, 0.15) is 0 Å². The maximum Gasteiger partial charge on any atom is 0.225 e. The molecule has 0 fully saturated rings. The van der Waals surface area contributed by atoms with Crippen LogP contribution < -0.4 is 0 Å². The summed E-state index contributed by atoms with van der Waals surface area (Å²) in [7, 11) is 1.85. The molecule has 82 valence electrons. The molecule has 1 amide bonds. The highest BCUT2D eigenvalue weighted by Gasteiger charge is 2.12. The molecule has 0 saturated carbocycles. The van der Waals surface area contributed by atoms with E-state index >= 15 is 0 Å². The van der Waals surface area contributed by atoms with Gasteiger partial charge in [-0.2, -0.15) is 0 Å². The molecule has 0 aliphatic heterocycles. The Morgan fingerprint density at radius 1 is 1.27 bits per heavy atom. The topological polar surface area (TPSA) is 20.3 Å². The Hall–Kier alpha value is -1.31. The first-order valence-electron chi connectivity index (χ1n) is 5.31. The van der Waals surface area contributed by atoms with E-state index in [1.165, 1.54) is 11.1 Å². The average Bonchev–Trinajstić information content (AvgIpc) is 2.20. The van der Waals surface area contributed by atoms with Gasteiger partial charge in [-0.15, -0.1) is 0 Å². The second kappa shape index (κ2) is 4.96. The van der Waals surface area contributed by atoms with Crippen LogP contribution in [0.2, 0.25) is 0 Å². The molecule has 0 atom stereocenters. The van der Waals surface area contributed by atoms with Gasteiger partial charge in [-0.1, -0.05) is 43.7 Å². The molecule has 0 aliphatic carbocycles. The van der Waals surface area contributed by atoms with Gasteiger partial charge >= 0.3 is 0 Å². The standard InChI is InChI=1S/C13H19NO/c1-10(2)13(15)14(4)9-12-7-5-11(3)6-8-12/h5-8,10H,9H2,1-4H3. The normalized spacial score (nSPS) is 10.5. The first-order chi connectivity index (χ1) is 7.00. The predicted molar refractivity (Wildman–Crippen MR) is 62.5 cm³/mol. The SMILES string of the molecule is Cc1ccc(CN(C)C(=O)C(C)C)cc1. The Morgan fingerprint density at radius 2 is 1.80 bits per heavy atom. The van der Waals surface area contributed by atoms with Gasteiger partial charge in [-0.05, 0) is 12.5 Å². The second-order valence-corrected chi connectivity index (χ2v) is 4.33. The Labute approximate surface area is 91.9 Å². The molecule has 1 aromatic carbocycles. The van der Waals surface area contributed by atoms with Crippen molar-refractivity contribution in [3.63, 3.8) is 0 Å². The Morgan fingerprint density at radius 3 is 2.27 bits per heavy atom. The Bertz CT molecular complexity index is 327. The molecule has 0 unspecified atom stereocenters. The molecular weight excluding hydrogens is 186 g/mol. The zero-order chi connectivity index (χ0) is 11.4. The van der Waals surface area contributed by atoms with Crippen LogP contribution in [0.25, 0.3) is 0 Å². The zero-order valence-corrected chi connectivity index (χ0v) is 9.95. The summed E-state index contributed by atoms with van der Waals surface area (Å²) in [5, 5.41) is 0. The van der Waals surface area contributed by atoms with Crippen molar-refractivity contribution in [2.45, 2.75) is 27.3 Å². The van der Waals surface area contributed by atoms with Crippen LogP contribution in [0.15, 0.2) is 24.3 Å². The lowest BCUT2D eigenvalue weighted by Crippen LogP contribution is -2.29. The van der Waals surface area contributed by atoms with Crippen LogP contribution in [0.4, 0.5) is 0 Å². The molecule has 0 aliphatic rings. The van der Waals surface area contributed by atoms with Gasteiger partial charge in [0.05, 0.1) is 0 Å². The van der Waals surface area contributed by atoms with Gasteiger partial charge in [-0.3, -0.25) is 4.79 Å². The van der Waals surface area contributed by atoms with Crippen LogP contribution in [-0.4, -0.2) is 17.9 Å². The van der Waals surface area contributed by atoms with Crippen molar-refractivity contribution in [2.24, 2.45) is 5.92 Å². The number of hydrogen-bond acceptors (Lipinski definition) is 1. The number of carbonyl (C=O) groups is 1. The van der Waals surface area contributed by atoms with E-state index in [9.17, 15) is 4.79 Å². The van der Waals surface area contributed by atoms with E-state index in [2.05, 4.69) is 31.2 Å². The van der Waals surface area contributed by atoms with Crippen molar-refractivity contribution in [3.05, 3.63) is 35.4 Å². The lowest BCUT2D eigenvalue weighted by atomic mass is 10.1. The van der Waals surface area contributed by atoms with E-state index in [0.29, 0.717) is 6.54 Å². The summed E-state index contributed by atoms with van der Waals surface area (Å²) < 4.78 is 0. The molecule has 2 nitrogen and oxygen atoms in total. The summed E-state index contributed by atoms with van der Waals surface area (Å²) in [4.78, 5) is 13.4. The molecule has 0 spiro atoms. The van der Waals surface area contributed by atoms with E-state index in [1.54, 1.807) is 4.90 Å². The maximum atomic E-state index is 11.6. The summed E-state index contributed by atoms with van der Waals surface area (Å²) in [6, 6.07) is 8.28. The number of benzene rings is 1. The van der Waals surface area contributed by atoms with Gasteiger partial charge in [0.2, 0.25) is 5.91 Å². The molecule has 1 aromatic rings. The minimum absolute atomic E-state index is 0.0699. The van der Waals surface area contributed by atoms with Gasteiger partial charge < -0.3 is 4.90 Å². The highest BCUT2D eigenvalue weighted by atomic mass is 16.2. The van der Waals surface area contributed by atoms with Gasteiger partial charge in [0, 0.05) is 19.5 Å². The van der Waals surface area contributed by atoms with E-state index in [4.69, 9.17) is 0 Å². The van der Waals surface area contributed by atoms with E-state index in [0.717, 1.165) is 0 Å². The first-order valence-corrected chi connectivity index (χ1v) is 5.31. The van der Waals surface area contributed by atoms with Crippen molar-refractivity contribution in [2.75, 3.05) is 7.05 Å². The summed E-state index contributed by atoms with van der Waals surface area (Å²) in [5.74, 6) is 0.260. The molecule has 1 rings (SSSR count). The highest BCUT2D eigenvalue weighted by Crippen LogP contribution is 2.08. The van der Waals surface area contributed by atoms with Gasteiger partial charge in [0.15, 0.2) is 0 Å². The Kier molecular flexibility index (Phi) is 3.89. The lowest BCUT2D eigenvalue weighted by Gasteiger charge is -2.19. The third-order valence-corrected chi connectivity index (χ3v) is 2.41. The molecule has 0 radical (unpaired) electrons. The fourth-order valence-corrected chi connectivity index (χ4v) is 1.49. The lowest BCUT2D eigenvalue weighted by molar-refractivity contribution is -0.133. The van der Waals surface area contributed by atoms with Crippen molar-refractivity contribution in [1.82, 2.24) is 4.90 Å². The van der Waals surface area contributed by atoms with E-state index in [1.807, 2.05) is 20.9 Å². The van der Waals surface area contributed by atoms with Crippen LogP contribution in [0.3, 0.4) is 0 Å². The average molecular weight is 205 g/mol. The van der Waals surface area contributed by atoms with E-state index in [-0.39, 0.29) is 11.8 Å².